The van der Waals surface area contributed by atoms with Gasteiger partial charge in [-0.2, -0.15) is 0 Å². The second-order valence-corrected chi connectivity index (χ2v) is 6.08. The minimum atomic E-state index is -0.430. The lowest BCUT2D eigenvalue weighted by atomic mass is 10.1. The van der Waals surface area contributed by atoms with Crippen molar-refractivity contribution in [3.8, 4) is 5.75 Å². The van der Waals surface area contributed by atoms with E-state index in [9.17, 15) is 9.59 Å². The zero-order valence-electron chi connectivity index (χ0n) is 13.2. The number of benzene rings is 2. The van der Waals surface area contributed by atoms with Crippen LogP contribution in [0.15, 0.2) is 41.9 Å². The lowest BCUT2D eigenvalue weighted by molar-refractivity contribution is 0.0470. The van der Waals surface area contributed by atoms with Gasteiger partial charge in [-0.3, -0.25) is 4.79 Å². The molecule has 0 fully saturated rings. The highest BCUT2D eigenvalue weighted by Crippen LogP contribution is 2.23. The molecule has 0 N–H and O–H groups in total. The van der Waals surface area contributed by atoms with Gasteiger partial charge in [-0.05, 0) is 43.3 Å². The topological polar surface area (TPSA) is 65.5 Å². The molecular formula is C18H15NO4S. The molecule has 3 rings (SSSR count). The average Bonchev–Trinajstić information content (AvgIpc) is 3.06. The molecule has 0 bridgehead atoms. The van der Waals surface area contributed by atoms with Crippen molar-refractivity contribution < 1.29 is 19.1 Å². The molecule has 0 aliphatic carbocycles. The molecule has 0 radical (unpaired) electrons. The number of thiazole rings is 1. The number of ketones is 1. The predicted octanol–water partition coefficient (Wildman–Crippen LogP) is 3.86. The third-order valence-electron chi connectivity index (χ3n) is 3.61. The second-order valence-electron chi connectivity index (χ2n) is 5.19. The van der Waals surface area contributed by atoms with Gasteiger partial charge in [0.2, 0.25) is 0 Å². The zero-order chi connectivity index (χ0) is 17.1. The van der Waals surface area contributed by atoms with Crippen LogP contribution in [-0.2, 0) is 11.3 Å². The van der Waals surface area contributed by atoms with Crippen LogP contribution in [0.2, 0.25) is 0 Å². The number of hydrogen-bond acceptors (Lipinski definition) is 6. The van der Waals surface area contributed by atoms with E-state index in [0.29, 0.717) is 22.4 Å². The van der Waals surface area contributed by atoms with Crippen LogP contribution in [0.25, 0.3) is 10.2 Å². The van der Waals surface area contributed by atoms with Gasteiger partial charge in [0.25, 0.3) is 0 Å². The molecule has 2 aromatic carbocycles. The second kappa shape index (κ2) is 6.80. The highest BCUT2D eigenvalue weighted by Gasteiger charge is 2.12. The number of aromatic nitrogens is 1. The summed E-state index contributed by atoms with van der Waals surface area (Å²) >= 11 is 1.47. The smallest absolute Gasteiger partial charge is 0.338 e. The zero-order valence-corrected chi connectivity index (χ0v) is 14.1. The van der Waals surface area contributed by atoms with E-state index in [0.717, 1.165) is 10.2 Å². The third-order valence-corrected chi connectivity index (χ3v) is 4.40. The van der Waals surface area contributed by atoms with E-state index in [1.54, 1.807) is 41.9 Å². The van der Waals surface area contributed by atoms with Crippen LogP contribution in [-0.4, -0.2) is 23.8 Å². The Kier molecular flexibility index (Phi) is 4.57. The lowest BCUT2D eigenvalue weighted by Crippen LogP contribution is -2.07. The molecule has 0 unspecified atom stereocenters. The summed E-state index contributed by atoms with van der Waals surface area (Å²) in [5.41, 5.74) is 4.25. The molecule has 24 heavy (non-hydrogen) atoms. The van der Waals surface area contributed by atoms with Crippen molar-refractivity contribution in [3.63, 3.8) is 0 Å². The molecule has 0 saturated heterocycles. The van der Waals surface area contributed by atoms with E-state index < -0.39 is 5.97 Å². The number of carbonyl (C=O) groups excluding carboxylic acids is 2. The molecule has 1 aromatic heterocycles. The summed E-state index contributed by atoms with van der Waals surface area (Å²) < 4.78 is 11.6. The molecule has 5 nitrogen and oxygen atoms in total. The van der Waals surface area contributed by atoms with Gasteiger partial charge in [0.05, 0.1) is 28.4 Å². The first-order valence-corrected chi connectivity index (χ1v) is 8.14. The molecule has 122 valence electrons. The third kappa shape index (κ3) is 3.28. The standard InChI is InChI=1S/C18H15NO4S/c1-11(20)12-4-6-16(22-2)14(7-12)9-23-18(21)13-3-5-15-17(8-13)24-10-19-15/h3-8,10H,9H2,1-2H3. The number of nitrogens with zero attached hydrogens (tertiary/aromatic N) is 1. The number of fused-ring (bicyclic) bond motifs is 1. The minimum absolute atomic E-state index is 0.0316. The molecular weight excluding hydrogens is 326 g/mol. The van der Waals surface area contributed by atoms with Gasteiger partial charge in [0.15, 0.2) is 5.78 Å². The number of carbonyl (C=O) groups is 2. The molecule has 0 amide bonds. The van der Waals surface area contributed by atoms with Crippen molar-refractivity contribution in [2.45, 2.75) is 13.5 Å². The fraction of sp³-hybridized carbons (Fsp3) is 0.167. The molecule has 1 heterocycles. The van der Waals surface area contributed by atoms with Crippen LogP contribution < -0.4 is 4.74 Å². The molecule has 0 saturated carbocycles. The van der Waals surface area contributed by atoms with Gasteiger partial charge >= 0.3 is 5.97 Å². The van der Waals surface area contributed by atoms with Crippen LogP contribution in [0, 0.1) is 0 Å². The molecule has 6 heteroatoms. The Morgan fingerprint density at radius 1 is 1.12 bits per heavy atom. The summed E-state index contributed by atoms with van der Waals surface area (Å²) in [6.45, 7) is 1.52. The van der Waals surface area contributed by atoms with Crippen LogP contribution in [0.5, 0.6) is 5.75 Å². The number of methoxy groups -OCH3 is 1. The Morgan fingerprint density at radius 2 is 1.92 bits per heavy atom. The maximum Gasteiger partial charge on any atom is 0.338 e. The lowest BCUT2D eigenvalue weighted by Gasteiger charge is -2.10. The maximum absolute atomic E-state index is 12.3. The Balaban J connectivity index is 1.78. The van der Waals surface area contributed by atoms with Crippen molar-refractivity contribution >= 4 is 33.3 Å². The largest absolute Gasteiger partial charge is 0.496 e. The van der Waals surface area contributed by atoms with Crippen molar-refractivity contribution in [1.29, 1.82) is 0 Å². The van der Waals surface area contributed by atoms with E-state index in [4.69, 9.17) is 9.47 Å². The van der Waals surface area contributed by atoms with Crippen molar-refractivity contribution in [2.24, 2.45) is 0 Å². The molecule has 0 aliphatic rings. The summed E-state index contributed by atoms with van der Waals surface area (Å²) in [6, 6.07) is 10.3. The highest BCUT2D eigenvalue weighted by molar-refractivity contribution is 7.16. The molecule has 0 spiro atoms. The number of rotatable bonds is 5. The fourth-order valence-corrected chi connectivity index (χ4v) is 3.04. The monoisotopic (exact) mass is 341 g/mol. The van der Waals surface area contributed by atoms with Gasteiger partial charge in [0.1, 0.15) is 12.4 Å². The SMILES string of the molecule is COc1ccc(C(C)=O)cc1COC(=O)c1ccc2ncsc2c1. The van der Waals surface area contributed by atoms with E-state index >= 15 is 0 Å². The van der Waals surface area contributed by atoms with Crippen molar-refractivity contribution in [3.05, 3.63) is 58.6 Å². The number of esters is 1. The fourth-order valence-electron chi connectivity index (χ4n) is 2.32. The normalized spacial score (nSPS) is 10.6. The predicted molar refractivity (Wildman–Crippen MR) is 91.7 cm³/mol. The Bertz CT molecular complexity index is 916. The molecule has 3 aromatic rings. The summed E-state index contributed by atoms with van der Waals surface area (Å²) in [6.07, 6.45) is 0. The maximum atomic E-state index is 12.3. The Morgan fingerprint density at radius 3 is 2.67 bits per heavy atom. The number of Topliss-reactive ketones (excluding diaryl/α,β-unsaturated/α-hetero) is 1. The van der Waals surface area contributed by atoms with Gasteiger partial charge in [-0.25, -0.2) is 9.78 Å². The van der Waals surface area contributed by atoms with E-state index in [1.807, 2.05) is 0 Å². The van der Waals surface area contributed by atoms with E-state index in [1.165, 1.54) is 25.4 Å². The van der Waals surface area contributed by atoms with Gasteiger partial charge in [-0.1, -0.05) is 0 Å². The van der Waals surface area contributed by atoms with Crippen molar-refractivity contribution in [1.82, 2.24) is 4.98 Å². The summed E-state index contributed by atoms with van der Waals surface area (Å²) in [5.74, 6) is 0.0900. The molecule has 0 aliphatic heterocycles. The summed E-state index contributed by atoms with van der Waals surface area (Å²) in [7, 11) is 1.53. The van der Waals surface area contributed by atoms with Crippen LogP contribution in [0.1, 0.15) is 33.2 Å². The van der Waals surface area contributed by atoms with Gasteiger partial charge in [-0.15, -0.1) is 11.3 Å². The van der Waals surface area contributed by atoms with Gasteiger partial charge < -0.3 is 9.47 Å². The van der Waals surface area contributed by atoms with Gasteiger partial charge in [0, 0.05) is 11.1 Å². The Labute approximate surface area is 142 Å². The van der Waals surface area contributed by atoms with Crippen LogP contribution >= 0.6 is 11.3 Å². The first kappa shape index (κ1) is 16.1. The van der Waals surface area contributed by atoms with Crippen LogP contribution in [0.4, 0.5) is 0 Å². The number of ether oxygens (including phenoxy) is 2. The van der Waals surface area contributed by atoms with Crippen LogP contribution in [0.3, 0.4) is 0 Å². The summed E-state index contributed by atoms with van der Waals surface area (Å²) in [4.78, 5) is 27.9. The highest BCUT2D eigenvalue weighted by atomic mass is 32.1. The van der Waals surface area contributed by atoms with E-state index in [-0.39, 0.29) is 12.4 Å². The van der Waals surface area contributed by atoms with Crippen molar-refractivity contribution in [2.75, 3.05) is 7.11 Å². The number of hydrogen-bond donors (Lipinski definition) is 0. The minimum Gasteiger partial charge on any atom is -0.496 e. The molecule has 0 atom stereocenters. The summed E-state index contributed by atoms with van der Waals surface area (Å²) in [5, 5.41) is 0. The quantitative estimate of drug-likeness (QED) is 0.521. The first-order valence-electron chi connectivity index (χ1n) is 7.26. The Hall–Kier alpha value is -2.73. The first-order chi connectivity index (χ1) is 11.6. The average molecular weight is 341 g/mol. The van der Waals surface area contributed by atoms with E-state index in [2.05, 4.69) is 4.98 Å².